The third-order valence-corrected chi connectivity index (χ3v) is 11.8. The first-order valence-electron chi connectivity index (χ1n) is 24.5. The Kier molecular flexibility index (Phi) is 30.6. The van der Waals surface area contributed by atoms with Crippen LogP contribution in [0.5, 0.6) is 0 Å². The lowest BCUT2D eigenvalue weighted by molar-refractivity contribution is -0.146. The number of hydrogen-bond donors (Lipinski definition) is 19. The summed E-state index contributed by atoms with van der Waals surface area (Å²) in [6.45, 7) is 14.0. The number of carbonyl (C=O) groups excluding carboxylic acids is 8. The molecule has 422 valence electrons. The molecule has 0 aliphatic heterocycles. The molecule has 13 atom stereocenters. The summed E-state index contributed by atoms with van der Waals surface area (Å²) in [6.07, 6.45) is -2.88. The van der Waals surface area contributed by atoms with Gasteiger partial charge >= 0.3 is 11.9 Å². The molecule has 0 saturated heterocycles. The Labute approximate surface area is 430 Å². The predicted octanol–water partition coefficient (Wildman–Crippen LogP) is -4.80. The van der Waals surface area contributed by atoms with E-state index in [0.717, 1.165) is 6.92 Å². The van der Waals surface area contributed by atoms with Crippen molar-refractivity contribution < 1.29 is 68.4 Å². The second kappa shape index (κ2) is 33.8. The van der Waals surface area contributed by atoms with Crippen molar-refractivity contribution in [3.8, 4) is 0 Å². The van der Waals surface area contributed by atoms with Gasteiger partial charge in [0.25, 0.3) is 0 Å². The van der Waals surface area contributed by atoms with E-state index in [4.69, 9.17) is 28.0 Å². The van der Waals surface area contributed by atoms with Gasteiger partial charge in [0.1, 0.15) is 42.3 Å². The quantitative estimate of drug-likeness (QED) is 0.0161. The third kappa shape index (κ3) is 25.2. The lowest BCUT2D eigenvalue weighted by Crippen LogP contribution is -2.63. The first-order chi connectivity index (χ1) is 34.4. The second-order valence-electron chi connectivity index (χ2n) is 18.7. The number of nitrogens with one attached hydrogen (secondary N) is 12. The Balaban J connectivity index is 6.40. The van der Waals surface area contributed by atoms with Crippen LogP contribution in [0.1, 0.15) is 114 Å². The highest BCUT2D eigenvalue weighted by molar-refractivity contribution is 5.98. The van der Waals surface area contributed by atoms with E-state index in [9.17, 15) is 68.4 Å². The van der Waals surface area contributed by atoms with Crippen molar-refractivity contribution in [3.63, 3.8) is 0 Å². The minimum absolute atomic E-state index is 0.0259. The van der Waals surface area contributed by atoms with Gasteiger partial charge in [-0.25, -0.2) is 4.79 Å². The average Bonchev–Trinajstić information content (AvgIpc) is 3.30. The lowest BCUT2D eigenvalue weighted by Gasteiger charge is -2.31. The number of carbonyl (C=O) groups is 10. The molecular weight excluding hydrogens is 975 g/mol. The van der Waals surface area contributed by atoms with Crippen LogP contribution in [0.3, 0.4) is 0 Å². The van der Waals surface area contributed by atoms with Gasteiger partial charge < -0.3 is 90.8 Å². The number of rotatable bonds is 35. The van der Waals surface area contributed by atoms with Crippen LogP contribution in [-0.4, -0.2) is 171 Å². The van der Waals surface area contributed by atoms with Crippen LogP contribution >= 0.6 is 0 Å². The predicted molar refractivity (Wildman–Crippen MR) is 269 cm³/mol. The number of aliphatic carboxylic acids is 2. The highest BCUT2D eigenvalue weighted by Gasteiger charge is 2.38. The first-order valence-corrected chi connectivity index (χ1v) is 24.5. The van der Waals surface area contributed by atoms with Gasteiger partial charge in [0, 0.05) is 13.1 Å². The highest BCUT2D eigenvalue weighted by atomic mass is 16.4. The largest absolute Gasteiger partial charge is 0.481 e. The van der Waals surface area contributed by atoms with Crippen LogP contribution in [0, 0.1) is 28.6 Å². The maximum atomic E-state index is 14.0. The average molecular weight is 1060 g/mol. The zero-order valence-electron chi connectivity index (χ0n) is 43.8. The smallest absolute Gasteiger partial charge is 0.328 e. The van der Waals surface area contributed by atoms with Crippen LogP contribution in [0.15, 0.2) is 0 Å². The molecule has 8 amide bonds. The number of aliphatic hydroxyl groups excluding tert-OH is 2. The van der Waals surface area contributed by atoms with Gasteiger partial charge in [-0.05, 0) is 70.6 Å². The van der Waals surface area contributed by atoms with E-state index in [-0.39, 0.29) is 63.0 Å². The van der Waals surface area contributed by atoms with Crippen LogP contribution in [0.25, 0.3) is 0 Å². The van der Waals surface area contributed by atoms with Crippen LogP contribution in [0.4, 0.5) is 0 Å². The molecule has 22 N–H and O–H groups in total. The summed E-state index contributed by atoms with van der Waals surface area (Å²) in [6, 6.07) is -13.2. The van der Waals surface area contributed by atoms with Gasteiger partial charge in [-0.1, -0.05) is 54.4 Å². The topological polar surface area (TPSA) is 498 Å². The molecule has 29 heteroatoms. The van der Waals surface area contributed by atoms with Crippen LogP contribution < -0.4 is 70.4 Å². The third-order valence-electron chi connectivity index (χ3n) is 11.8. The van der Waals surface area contributed by atoms with Crippen molar-refractivity contribution in [1.29, 1.82) is 10.8 Å². The summed E-state index contributed by atoms with van der Waals surface area (Å²) in [5, 5.41) is 78.7. The fourth-order valence-electron chi connectivity index (χ4n) is 6.97. The summed E-state index contributed by atoms with van der Waals surface area (Å²) in [7, 11) is 0. The van der Waals surface area contributed by atoms with Crippen molar-refractivity contribution in [2.45, 2.75) is 180 Å². The maximum Gasteiger partial charge on any atom is 0.328 e. The molecule has 0 aromatic heterocycles. The molecule has 0 heterocycles. The number of amides is 8. The molecule has 0 aromatic carbocycles. The molecule has 29 nitrogen and oxygen atoms in total. The number of guanidine groups is 2. The molecule has 0 fully saturated rings. The summed E-state index contributed by atoms with van der Waals surface area (Å²) in [4.78, 5) is 132. The minimum atomic E-state index is -1.85. The maximum absolute atomic E-state index is 14.0. The number of nitrogens with two attached hydrogens (primary N) is 3. The Morgan fingerprint density at radius 1 is 0.486 bits per heavy atom. The van der Waals surface area contributed by atoms with Gasteiger partial charge in [-0.3, -0.25) is 54.0 Å². The fraction of sp³-hybridized carbons (Fsp3) is 0.733. The van der Waals surface area contributed by atoms with E-state index in [1.165, 1.54) is 13.8 Å². The van der Waals surface area contributed by atoms with E-state index < -0.39 is 144 Å². The van der Waals surface area contributed by atoms with E-state index in [2.05, 4.69) is 47.9 Å². The molecule has 0 bridgehead atoms. The van der Waals surface area contributed by atoms with Crippen molar-refractivity contribution in [2.75, 3.05) is 13.1 Å². The van der Waals surface area contributed by atoms with E-state index in [1.54, 1.807) is 41.5 Å². The van der Waals surface area contributed by atoms with Gasteiger partial charge in [0.2, 0.25) is 47.3 Å². The summed E-state index contributed by atoms with van der Waals surface area (Å²) in [5.41, 5.74) is 16.7. The fourth-order valence-corrected chi connectivity index (χ4v) is 6.97. The Morgan fingerprint density at radius 3 is 1.32 bits per heavy atom. The molecule has 0 aliphatic rings. The number of carboxylic acids is 2. The summed E-state index contributed by atoms with van der Waals surface area (Å²) >= 11 is 0. The van der Waals surface area contributed by atoms with Gasteiger partial charge in [-0.2, -0.15) is 0 Å². The Hall–Kier alpha value is -6.88. The number of carboxylic acid groups (broad SMARTS) is 2. The van der Waals surface area contributed by atoms with Crippen LogP contribution in [0.2, 0.25) is 0 Å². The normalized spacial score (nSPS) is 16.4. The van der Waals surface area contributed by atoms with Crippen molar-refractivity contribution >= 4 is 71.1 Å². The van der Waals surface area contributed by atoms with E-state index in [0.29, 0.717) is 12.8 Å². The molecule has 0 spiro atoms. The SMILES string of the molecule is CC[C@H](C)[C@H](NC(=O)[C@H](C)NC(=O)[C@H](CCCNC(=N)N)NC(=O)[C@@H](N)CCCNC(=N)N)C(=O)N[C@H](C(=O)N[C@H](C(=O)N[C@@H](CC(C)C)C(=O)N[C@@H](CC(=O)O)C(=O)N[C@H](C(=O)O)[C@@H](C)O)[C@@H](C)CC)[C@@H](C)O. The zero-order valence-corrected chi connectivity index (χ0v) is 43.8. The molecule has 0 aromatic rings. The van der Waals surface area contributed by atoms with Gasteiger partial charge in [0.15, 0.2) is 18.0 Å². The standard InChI is InChI=1S/C45H83N15O14/c1-10-21(5)31(40(70)56-28(18-20(3)4)38(68)55-29(19-30(63)64)39(69)60-34(25(9)62)43(73)74)58-42(72)33(24(8)61)59-41(71)32(22(6)11-2)57-35(65)23(7)53-37(67)27(15-13-17-52-45(49)50)54-36(66)26(46)14-12-16-51-44(47)48/h20-29,31-34,61-62H,10-19,46H2,1-9H3,(H,53,67)(H,54,66)(H,55,68)(H,56,70)(H,57,65)(H,58,72)(H,59,71)(H,60,69)(H,63,64)(H,73,74)(H4,47,48,51)(H4,49,50,52)/t21-,22-,23-,24+,25+,26-,27-,28-,29-,31-,32-,33-,34-/m0/s1. The Bertz CT molecular complexity index is 1940. The van der Waals surface area contributed by atoms with Gasteiger partial charge in [0.05, 0.1) is 24.7 Å². The molecule has 0 aliphatic carbocycles. The van der Waals surface area contributed by atoms with Crippen molar-refractivity contribution in [1.82, 2.24) is 53.2 Å². The molecular formula is C45H83N15O14. The van der Waals surface area contributed by atoms with Crippen molar-refractivity contribution in [3.05, 3.63) is 0 Å². The van der Waals surface area contributed by atoms with E-state index >= 15 is 0 Å². The molecule has 74 heavy (non-hydrogen) atoms. The van der Waals surface area contributed by atoms with Crippen molar-refractivity contribution in [2.24, 2.45) is 35.0 Å². The van der Waals surface area contributed by atoms with E-state index in [1.807, 2.05) is 5.32 Å². The summed E-state index contributed by atoms with van der Waals surface area (Å²) in [5.74, 6) is -12.8. The zero-order chi connectivity index (χ0) is 57.2. The number of aliphatic hydroxyl groups is 2. The summed E-state index contributed by atoms with van der Waals surface area (Å²) < 4.78 is 0. The molecule has 0 saturated carbocycles. The first kappa shape index (κ1) is 67.1. The molecule has 0 unspecified atom stereocenters. The van der Waals surface area contributed by atoms with Crippen LogP contribution in [-0.2, 0) is 47.9 Å². The minimum Gasteiger partial charge on any atom is -0.481 e. The molecule has 0 radical (unpaired) electrons. The second-order valence-corrected chi connectivity index (χ2v) is 18.7. The molecule has 0 rings (SSSR count). The highest BCUT2D eigenvalue weighted by Crippen LogP contribution is 2.14. The lowest BCUT2D eigenvalue weighted by atomic mass is 9.95. The monoisotopic (exact) mass is 1060 g/mol. The Morgan fingerprint density at radius 2 is 0.878 bits per heavy atom. The number of hydrogen-bond acceptors (Lipinski definition) is 15. The van der Waals surface area contributed by atoms with Gasteiger partial charge in [-0.15, -0.1) is 0 Å².